The fraction of sp³-hybridized carbons (Fsp3) is 0.625. The molecule has 8 heteroatoms. The van der Waals surface area contributed by atoms with Crippen LogP contribution < -0.4 is 5.32 Å². The zero-order valence-electron chi connectivity index (χ0n) is 14.8. The Kier molecular flexibility index (Phi) is 4.66. The molecule has 1 aliphatic rings. The molecule has 3 heterocycles. The molecular formula is C16H25N7O. The van der Waals surface area contributed by atoms with Gasteiger partial charge < -0.3 is 5.32 Å². The van der Waals surface area contributed by atoms with Crippen LogP contribution in [-0.2, 0) is 18.4 Å². The first-order valence-corrected chi connectivity index (χ1v) is 8.35. The van der Waals surface area contributed by atoms with E-state index in [2.05, 4.69) is 25.4 Å². The molecule has 1 fully saturated rings. The maximum atomic E-state index is 12.4. The van der Waals surface area contributed by atoms with Gasteiger partial charge >= 0.3 is 0 Å². The van der Waals surface area contributed by atoms with Crippen molar-refractivity contribution in [3.05, 3.63) is 23.4 Å². The third-order valence-corrected chi connectivity index (χ3v) is 4.46. The number of nitrogens with zero attached hydrogens (tertiary/aromatic N) is 6. The van der Waals surface area contributed by atoms with Gasteiger partial charge in [0.05, 0.1) is 18.8 Å². The summed E-state index contributed by atoms with van der Waals surface area (Å²) in [6.07, 6.45) is 2.19. The number of likely N-dealkylation sites (tertiary alicyclic amines) is 1. The van der Waals surface area contributed by atoms with E-state index in [9.17, 15) is 4.79 Å². The average molecular weight is 331 g/mol. The fourth-order valence-corrected chi connectivity index (χ4v) is 3.34. The lowest BCUT2D eigenvalue weighted by Gasteiger charge is -2.24. The number of amides is 1. The maximum Gasteiger partial charge on any atom is 0.239 e. The SMILES string of the molecule is Cc1cc(NC(=O)CN2CCC[C@H]2Cn2nc(C)nc2C)n(C)n1. The number of aromatic nitrogens is 5. The van der Waals surface area contributed by atoms with Crippen molar-refractivity contribution >= 4 is 11.7 Å². The lowest BCUT2D eigenvalue weighted by Crippen LogP contribution is -2.39. The van der Waals surface area contributed by atoms with E-state index in [0.717, 1.165) is 49.1 Å². The van der Waals surface area contributed by atoms with Gasteiger partial charge in [-0.2, -0.15) is 10.2 Å². The summed E-state index contributed by atoms with van der Waals surface area (Å²) in [5.74, 6) is 2.45. The van der Waals surface area contributed by atoms with Crippen LogP contribution in [0.3, 0.4) is 0 Å². The van der Waals surface area contributed by atoms with E-state index in [4.69, 9.17) is 0 Å². The van der Waals surface area contributed by atoms with Crippen LogP contribution in [0, 0.1) is 20.8 Å². The Bertz CT molecular complexity index is 733. The van der Waals surface area contributed by atoms with E-state index in [1.54, 1.807) is 4.68 Å². The summed E-state index contributed by atoms with van der Waals surface area (Å²) >= 11 is 0. The number of aryl methyl sites for hydroxylation is 4. The van der Waals surface area contributed by atoms with Gasteiger partial charge in [0.1, 0.15) is 17.5 Å². The van der Waals surface area contributed by atoms with Crippen LogP contribution in [0.25, 0.3) is 0 Å². The minimum absolute atomic E-state index is 0.00334. The summed E-state index contributed by atoms with van der Waals surface area (Å²) in [6, 6.07) is 2.20. The number of carbonyl (C=O) groups excluding carboxylic acids is 1. The summed E-state index contributed by atoms with van der Waals surface area (Å²) in [5.41, 5.74) is 0.892. The van der Waals surface area contributed by atoms with Crippen molar-refractivity contribution in [2.45, 2.75) is 46.2 Å². The van der Waals surface area contributed by atoms with E-state index in [1.807, 2.05) is 38.6 Å². The Hall–Kier alpha value is -2.22. The minimum atomic E-state index is -0.00334. The van der Waals surface area contributed by atoms with Gasteiger partial charge in [-0.25, -0.2) is 9.67 Å². The van der Waals surface area contributed by atoms with Crippen LogP contribution >= 0.6 is 0 Å². The van der Waals surface area contributed by atoms with Crippen LogP contribution in [-0.4, -0.2) is 54.5 Å². The molecule has 1 amide bonds. The third-order valence-electron chi connectivity index (χ3n) is 4.46. The van der Waals surface area contributed by atoms with Crippen molar-refractivity contribution in [3.8, 4) is 0 Å². The first kappa shape index (κ1) is 16.6. The van der Waals surface area contributed by atoms with Crippen LogP contribution in [0.1, 0.15) is 30.2 Å². The van der Waals surface area contributed by atoms with Crippen molar-refractivity contribution < 1.29 is 4.79 Å². The normalized spacial score (nSPS) is 18.2. The Labute approximate surface area is 141 Å². The minimum Gasteiger partial charge on any atom is -0.310 e. The largest absolute Gasteiger partial charge is 0.310 e. The topological polar surface area (TPSA) is 80.9 Å². The quantitative estimate of drug-likeness (QED) is 0.885. The zero-order valence-corrected chi connectivity index (χ0v) is 14.8. The van der Waals surface area contributed by atoms with Gasteiger partial charge in [-0.1, -0.05) is 0 Å². The van der Waals surface area contributed by atoms with Crippen LogP contribution in [0.5, 0.6) is 0 Å². The molecule has 24 heavy (non-hydrogen) atoms. The number of rotatable bonds is 5. The van der Waals surface area contributed by atoms with E-state index in [1.165, 1.54) is 0 Å². The van der Waals surface area contributed by atoms with E-state index >= 15 is 0 Å². The summed E-state index contributed by atoms with van der Waals surface area (Å²) in [5, 5.41) is 11.6. The second-order valence-corrected chi connectivity index (χ2v) is 6.50. The molecule has 1 atom stereocenters. The van der Waals surface area contributed by atoms with Crippen molar-refractivity contribution in [1.29, 1.82) is 0 Å². The smallest absolute Gasteiger partial charge is 0.239 e. The molecule has 130 valence electrons. The summed E-state index contributed by atoms with van der Waals surface area (Å²) in [4.78, 5) is 19.0. The highest BCUT2D eigenvalue weighted by Gasteiger charge is 2.27. The number of hydrogen-bond donors (Lipinski definition) is 1. The molecular weight excluding hydrogens is 306 g/mol. The first-order chi connectivity index (χ1) is 11.4. The maximum absolute atomic E-state index is 12.4. The van der Waals surface area contributed by atoms with Gasteiger partial charge in [0.25, 0.3) is 0 Å². The molecule has 1 N–H and O–H groups in total. The molecule has 0 aromatic carbocycles. The molecule has 0 saturated carbocycles. The highest BCUT2D eigenvalue weighted by atomic mass is 16.2. The molecule has 0 bridgehead atoms. The van der Waals surface area contributed by atoms with Crippen LogP contribution in [0.15, 0.2) is 6.07 Å². The first-order valence-electron chi connectivity index (χ1n) is 8.35. The molecule has 2 aromatic rings. The molecule has 0 radical (unpaired) electrons. The van der Waals surface area contributed by atoms with Crippen molar-refractivity contribution in [2.24, 2.45) is 7.05 Å². The van der Waals surface area contributed by atoms with E-state index in [0.29, 0.717) is 12.6 Å². The van der Waals surface area contributed by atoms with Gasteiger partial charge in [0.15, 0.2) is 0 Å². The van der Waals surface area contributed by atoms with Crippen LogP contribution in [0.4, 0.5) is 5.82 Å². The van der Waals surface area contributed by atoms with Gasteiger partial charge in [0.2, 0.25) is 5.91 Å². The Morgan fingerprint density at radius 3 is 2.75 bits per heavy atom. The molecule has 2 aromatic heterocycles. The summed E-state index contributed by atoms with van der Waals surface area (Å²) in [6.45, 7) is 7.90. The van der Waals surface area contributed by atoms with Crippen molar-refractivity contribution in [3.63, 3.8) is 0 Å². The highest BCUT2D eigenvalue weighted by molar-refractivity contribution is 5.91. The molecule has 8 nitrogen and oxygen atoms in total. The lowest BCUT2D eigenvalue weighted by molar-refractivity contribution is -0.117. The van der Waals surface area contributed by atoms with Gasteiger partial charge in [0, 0.05) is 19.2 Å². The van der Waals surface area contributed by atoms with E-state index in [-0.39, 0.29) is 5.91 Å². The van der Waals surface area contributed by atoms with Gasteiger partial charge in [-0.15, -0.1) is 0 Å². The molecule has 0 spiro atoms. The average Bonchev–Trinajstić information content (AvgIpc) is 3.13. The highest BCUT2D eigenvalue weighted by Crippen LogP contribution is 2.19. The second-order valence-electron chi connectivity index (χ2n) is 6.50. The van der Waals surface area contributed by atoms with Crippen LogP contribution in [0.2, 0.25) is 0 Å². The zero-order chi connectivity index (χ0) is 17.3. The molecule has 1 saturated heterocycles. The molecule has 0 unspecified atom stereocenters. The fourth-order valence-electron chi connectivity index (χ4n) is 3.34. The Morgan fingerprint density at radius 2 is 2.12 bits per heavy atom. The molecule has 1 aliphatic heterocycles. The van der Waals surface area contributed by atoms with Gasteiger partial charge in [-0.05, 0) is 40.2 Å². The predicted octanol–water partition coefficient (Wildman–Crippen LogP) is 1.04. The monoisotopic (exact) mass is 331 g/mol. The number of anilines is 1. The van der Waals surface area contributed by atoms with Gasteiger partial charge in [-0.3, -0.25) is 14.4 Å². The molecule has 0 aliphatic carbocycles. The molecule has 3 rings (SSSR count). The summed E-state index contributed by atoms with van der Waals surface area (Å²) < 4.78 is 3.64. The Morgan fingerprint density at radius 1 is 1.33 bits per heavy atom. The number of hydrogen-bond acceptors (Lipinski definition) is 5. The number of nitrogens with one attached hydrogen (secondary N) is 1. The predicted molar refractivity (Wildman–Crippen MR) is 90.7 cm³/mol. The Balaban J connectivity index is 1.60. The third kappa shape index (κ3) is 3.64. The standard InChI is InChI=1S/C16H25N7O/c1-11-8-15(21(4)19-11)18-16(24)10-22-7-5-6-14(22)9-23-13(3)17-12(2)20-23/h8,14H,5-7,9-10H2,1-4H3,(H,18,24)/t14-/m0/s1. The van der Waals surface area contributed by atoms with E-state index < -0.39 is 0 Å². The second kappa shape index (κ2) is 6.72. The van der Waals surface area contributed by atoms with Crippen molar-refractivity contribution in [2.75, 3.05) is 18.4 Å². The van der Waals surface area contributed by atoms with Crippen molar-refractivity contribution in [1.82, 2.24) is 29.4 Å². The summed E-state index contributed by atoms with van der Waals surface area (Å²) in [7, 11) is 1.83. The lowest BCUT2D eigenvalue weighted by atomic mass is 10.2. The number of carbonyl (C=O) groups is 1.